The average molecular weight is 507 g/mol. The molecule has 2 aromatic heterocycles. The predicted octanol–water partition coefficient (Wildman–Crippen LogP) is 4.63. The zero-order chi connectivity index (χ0) is 26.2. The van der Waals surface area contributed by atoms with Crippen LogP contribution in [0.15, 0.2) is 41.5 Å². The molecule has 2 aliphatic rings. The molecule has 8 heteroatoms. The number of nitrogens with zero attached hydrogens (tertiary/aromatic N) is 3. The number of carbonyl (C=O) groups excluding carboxylic acids is 1. The van der Waals surface area contributed by atoms with Crippen LogP contribution >= 0.6 is 0 Å². The highest BCUT2D eigenvalue weighted by atomic mass is 16.5. The molecule has 2 aliphatic carbocycles. The summed E-state index contributed by atoms with van der Waals surface area (Å²) < 4.78 is 16.0. The van der Waals surface area contributed by atoms with Crippen molar-refractivity contribution in [2.45, 2.75) is 95.3 Å². The lowest BCUT2D eigenvalue weighted by Crippen LogP contribution is -2.41. The second kappa shape index (κ2) is 10.3. The van der Waals surface area contributed by atoms with Crippen molar-refractivity contribution >= 4 is 11.7 Å². The number of methoxy groups -OCH3 is 1. The Labute approximate surface area is 217 Å². The standard InChI is InChI=1S/C29H38N4O4/c1-29(2,27(30)35)22-16-32(28-31-23(19-10-9-11-19)17-33(28)26(22)34)18-25(37-20-12-5-4-6-13-20)21-14-7-8-15-24(21)36-3/h7-8,14-17,19-20,25H,4-6,9-13,18H2,1-3H3,(H2,30,35)/t25-/m0/s1. The van der Waals surface area contributed by atoms with Crippen LogP contribution in [-0.4, -0.2) is 33.1 Å². The Balaban J connectivity index is 1.63. The summed E-state index contributed by atoms with van der Waals surface area (Å²) >= 11 is 0. The van der Waals surface area contributed by atoms with E-state index in [1.54, 1.807) is 31.6 Å². The summed E-state index contributed by atoms with van der Waals surface area (Å²) in [5, 5.41) is 0. The van der Waals surface area contributed by atoms with E-state index >= 15 is 0 Å². The van der Waals surface area contributed by atoms with Gasteiger partial charge in [0.15, 0.2) is 0 Å². The van der Waals surface area contributed by atoms with E-state index in [0.29, 0.717) is 23.8 Å². The highest BCUT2D eigenvalue weighted by Crippen LogP contribution is 2.37. The molecule has 3 aromatic rings. The van der Waals surface area contributed by atoms with E-state index < -0.39 is 11.3 Å². The number of fused-ring (bicyclic) bond motifs is 1. The van der Waals surface area contributed by atoms with Gasteiger partial charge in [-0.25, -0.2) is 4.98 Å². The van der Waals surface area contributed by atoms with Crippen molar-refractivity contribution in [3.8, 4) is 5.75 Å². The average Bonchev–Trinajstić information content (AvgIpc) is 3.30. The van der Waals surface area contributed by atoms with E-state index in [2.05, 4.69) is 0 Å². The number of aromatic nitrogens is 3. The van der Waals surface area contributed by atoms with Gasteiger partial charge in [0, 0.05) is 29.4 Å². The van der Waals surface area contributed by atoms with Crippen molar-refractivity contribution in [3.05, 3.63) is 63.8 Å². The number of amides is 1. The number of hydrogen-bond donors (Lipinski definition) is 1. The van der Waals surface area contributed by atoms with Crippen LogP contribution in [0.5, 0.6) is 5.75 Å². The zero-order valence-electron chi connectivity index (χ0n) is 22.1. The molecule has 0 spiro atoms. The monoisotopic (exact) mass is 506 g/mol. The first kappa shape index (κ1) is 25.5. The van der Waals surface area contributed by atoms with Gasteiger partial charge in [-0.3, -0.25) is 14.0 Å². The number of primary amides is 1. The van der Waals surface area contributed by atoms with E-state index in [4.69, 9.17) is 20.2 Å². The lowest BCUT2D eigenvalue weighted by Gasteiger charge is -2.30. The van der Waals surface area contributed by atoms with Crippen molar-refractivity contribution in [2.24, 2.45) is 5.73 Å². The first-order valence-corrected chi connectivity index (χ1v) is 13.5. The van der Waals surface area contributed by atoms with Crippen LogP contribution in [0.1, 0.15) is 94.1 Å². The Kier molecular flexibility index (Phi) is 7.12. The largest absolute Gasteiger partial charge is 0.496 e. The fourth-order valence-corrected chi connectivity index (χ4v) is 5.49. The lowest BCUT2D eigenvalue weighted by atomic mass is 9.83. The third-order valence-corrected chi connectivity index (χ3v) is 8.27. The third-order valence-electron chi connectivity index (χ3n) is 8.27. The maximum absolute atomic E-state index is 13.6. The minimum Gasteiger partial charge on any atom is -0.496 e. The molecule has 2 heterocycles. The van der Waals surface area contributed by atoms with E-state index in [1.807, 2.05) is 35.0 Å². The van der Waals surface area contributed by atoms with Gasteiger partial charge in [-0.2, -0.15) is 0 Å². The maximum Gasteiger partial charge on any atom is 0.263 e. The van der Waals surface area contributed by atoms with E-state index in [9.17, 15) is 9.59 Å². The fourth-order valence-electron chi connectivity index (χ4n) is 5.49. The first-order valence-electron chi connectivity index (χ1n) is 13.5. The molecule has 1 aromatic carbocycles. The zero-order valence-corrected chi connectivity index (χ0v) is 22.1. The van der Waals surface area contributed by atoms with Gasteiger partial charge in [0.2, 0.25) is 11.7 Å². The Morgan fingerprint density at radius 3 is 2.49 bits per heavy atom. The second-order valence-electron chi connectivity index (χ2n) is 11.1. The fraction of sp³-hybridized carbons (Fsp3) is 0.552. The van der Waals surface area contributed by atoms with Crippen LogP contribution in [0.2, 0.25) is 0 Å². The number of rotatable bonds is 9. The number of nitrogens with two attached hydrogens (primary N) is 1. The van der Waals surface area contributed by atoms with Crippen LogP contribution in [0.25, 0.3) is 5.78 Å². The Morgan fingerprint density at radius 1 is 1.11 bits per heavy atom. The molecule has 1 atom stereocenters. The summed E-state index contributed by atoms with van der Waals surface area (Å²) in [6, 6.07) is 7.91. The molecule has 37 heavy (non-hydrogen) atoms. The Bertz CT molecular complexity index is 1330. The molecule has 8 nitrogen and oxygen atoms in total. The molecule has 0 saturated heterocycles. The van der Waals surface area contributed by atoms with Crippen molar-refractivity contribution in [1.29, 1.82) is 0 Å². The highest BCUT2D eigenvalue weighted by molar-refractivity contribution is 5.85. The van der Waals surface area contributed by atoms with Crippen molar-refractivity contribution in [2.75, 3.05) is 7.11 Å². The highest BCUT2D eigenvalue weighted by Gasteiger charge is 2.34. The van der Waals surface area contributed by atoms with Crippen molar-refractivity contribution < 1.29 is 14.3 Å². The Hall–Kier alpha value is -3.13. The van der Waals surface area contributed by atoms with Crippen LogP contribution in [-0.2, 0) is 21.5 Å². The SMILES string of the molecule is COc1ccccc1[C@H](Cn1cc(C(C)(C)C(N)=O)c(=O)n2cc(C3CCC3)nc12)OC1CCCCC1. The van der Waals surface area contributed by atoms with Crippen LogP contribution < -0.4 is 16.0 Å². The van der Waals surface area contributed by atoms with Crippen LogP contribution in [0.4, 0.5) is 0 Å². The molecule has 0 bridgehead atoms. The number of benzene rings is 1. The van der Waals surface area contributed by atoms with Gasteiger partial charge in [-0.15, -0.1) is 0 Å². The summed E-state index contributed by atoms with van der Waals surface area (Å²) in [5.74, 6) is 1.14. The quantitative estimate of drug-likeness (QED) is 0.456. The third kappa shape index (κ3) is 4.91. The van der Waals surface area contributed by atoms with Crippen LogP contribution in [0, 0.1) is 0 Å². The molecule has 1 amide bonds. The maximum atomic E-state index is 13.6. The lowest BCUT2D eigenvalue weighted by molar-refractivity contribution is -0.122. The van der Waals surface area contributed by atoms with Crippen molar-refractivity contribution in [3.63, 3.8) is 0 Å². The predicted molar refractivity (Wildman–Crippen MR) is 142 cm³/mol. The molecule has 0 radical (unpaired) electrons. The first-order chi connectivity index (χ1) is 17.8. The molecule has 2 N–H and O–H groups in total. The summed E-state index contributed by atoms with van der Waals surface area (Å²) in [5.41, 5.74) is 6.58. The number of carbonyl (C=O) groups is 1. The molecule has 2 fully saturated rings. The number of para-hydroxylation sites is 1. The van der Waals surface area contributed by atoms with E-state index in [1.165, 1.54) is 12.8 Å². The number of imidazole rings is 1. The van der Waals surface area contributed by atoms with E-state index in [-0.39, 0.29) is 17.8 Å². The molecular weight excluding hydrogens is 468 g/mol. The van der Waals surface area contributed by atoms with Gasteiger partial charge in [-0.05, 0) is 45.6 Å². The minimum atomic E-state index is -1.14. The van der Waals surface area contributed by atoms with Gasteiger partial charge in [-0.1, -0.05) is 43.9 Å². The normalized spacial score (nSPS) is 18.0. The van der Waals surface area contributed by atoms with Gasteiger partial charge in [0.1, 0.15) is 11.9 Å². The molecule has 0 aliphatic heterocycles. The molecule has 198 valence electrons. The number of ether oxygens (including phenoxy) is 2. The van der Waals surface area contributed by atoms with Gasteiger partial charge < -0.3 is 19.8 Å². The van der Waals surface area contributed by atoms with Gasteiger partial charge >= 0.3 is 0 Å². The summed E-state index contributed by atoms with van der Waals surface area (Å²) in [6.07, 6.45) is 12.4. The smallest absolute Gasteiger partial charge is 0.263 e. The van der Waals surface area contributed by atoms with E-state index in [0.717, 1.165) is 55.5 Å². The minimum absolute atomic E-state index is 0.158. The summed E-state index contributed by atoms with van der Waals surface area (Å²) in [4.78, 5) is 30.9. The number of hydrogen-bond acceptors (Lipinski definition) is 5. The van der Waals surface area contributed by atoms with Gasteiger partial charge in [0.05, 0.1) is 30.9 Å². The van der Waals surface area contributed by atoms with Crippen LogP contribution in [0.3, 0.4) is 0 Å². The molecule has 2 saturated carbocycles. The Morgan fingerprint density at radius 2 is 1.84 bits per heavy atom. The molecular formula is C29H38N4O4. The topological polar surface area (TPSA) is 101 Å². The summed E-state index contributed by atoms with van der Waals surface area (Å²) in [6.45, 7) is 3.81. The van der Waals surface area contributed by atoms with Crippen molar-refractivity contribution in [1.82, 2.24) is 14.0 Å². The summed E-state index contributed by atoms with van der Waals surface area (Å²) in [7, 11) is 1.67. The van der Waals surface area contributed by atoms with Gasteiger partial charge in [0.25, 0.3) is 5.56 Å². The molecule has 5 rings (SSSR count). The molecule has 0 unspecified atom stereocenters. The second-order valence-corrected chi connectivity index (χ2v) is 11.1.